The molecule has 2 aliphatic rings. The highest BCUT2D eigenvalue weighted by atomic mass is 32.2. The van der Waals surface area contributed by atoms with E-state index in [1.807, 2.05) is 0 Å². The third kappa shape index (κ3) is 3.28. The van der Waals surface area contributed by atoms with Gasteiger partial charge >= 0.3 is 11.9 Å². The molecule has 3 atom stereocenters. The molecule has 0 aromatic heterocycles. The number of aliphatic hydroxyl groups excluding tert-OH is 1. The van der Waals surface area contributed by atoms with Crippen LogP contribution >= 0.6 is 11.8 Å². The van der Waals surface area contributed by atoms with E-state index in [-0.39, 0.29) is 11.3 Å². The highest BCUT2D eigenvalue weighted by molar-refractivity contribution is 8.00. The second-order valence-electron chi connectivity index (χ2n) is 5.83. The van der Waals surface area contributed by atoms with Crippen molar-refractivity contribution in [3.05, 3.63) is 47.2 Å². The molecule has 10 heteroatoms. The van der Waals surface area contributed by atoms with Crippen molar-refractivity contribution in [3.8, 4) is 0 Å². The largest absolute Gasteiger partial charge is 0.477 e. The molecule has 9 nitrogen and oxygen atoms in total. The number of esters is 1. The van der Waals surface area contributed by atoms with Gasteiger partial charge in [0.05, 0.1) is 12.7 Å². The summed E-state index contributed by atoms with van der Waals surface area (Å²) in [6, 6.07) is 7.22. The third-order valence-corrected chi connectivity index (χ3v) is 5.54. The Bertz CT molecular complexity index is 839. The van der Waals surface area contributed by atoms with E-state index in [4.69, 9.17) is 0 Å². The van der Waals surface area contributed by atoms with Crippen LogP contribution in [0.25, 0.3) is 0 Å². The molecular weight excluding hydrogens is 376 g/mol. The molecule has 0 aliphatic carbocycles. The molecule has 0 radical (unpaired) electrons. The smallest absolute Gasteiger partial charge is 0.353 e. The van der Waals surface area contributed by atoms with Crippen LogP contribution in [0.4, 0.5) is 0 Å². The van der Waals surface area contributed by atoms with Gasteiger partial charge in [0.2, 0.25) is 0 Å². The molecule has 3 N–H and O–H groups in total. The average molecular weight is 392 g/mol. The van der Waals surface area contributed by atoms with Gasteiger partial charge in [-0.1, -0.05) is 30.3 Å². The van der Waals surface area contributed by atoms with E-state index in [1.54, 1.807) is 30.3 Å². The van der Waals surface area contributed by atoms with Crippen LogP contribution in [-0.4, -0.2) is 63.1 Å². The Hall–Kier alpha value is -2.85. The second-order valence-corrected chi connectivity index (χ2v) is 6.94. The van der Waals surface area contributed by atoms with E-state index >= 15 is 0 Å². The van der Waals surface area contributed by atoms with Crippen LogP contribution in [0, 0.1) is 0 Å². The second kappa shape index (κ2) is 7.41. The molecule has 1 unspecified atom stereocenters. The monoisotopic (exact) mass is 392 g/mol. The zero-order chi connectivity index (χ0) is 19.7. The summed E-state index contributed by atoms with van der Waals surface area (Å²) < 4.78 is 4.57. The minimum Gasteiger partial charge on any atom is -0.477 e. The maximum atomic E-state index is 12.4. The number of amides is 2. The first-order valence-electron chi connectivity index (χ1n) is 7.89. The molecule has 1 aromatic carbocycles. The van der Waals surface area contributed by atoms with Gasteiger partial charge in [-0.3, -0.25) is 14.5 Å². The van der Waals surface area contributed by atoms with Crippen molar-refractivity contribution in [1.29, 1.82) is 0 Å². The van der Waals surface area contributed by atoms with Gasteiger partial charge in [0.25, 0.3) is 11.8 Å². The number of benzene rings is 1. The number of rotatable bonds is 5. The van der Waals surface area contributed by atoms with Crippen LogP contribution in [0.2, 0.25) is 0 Å². The topological polar surface area (TPSA) is 133 Å². The first kappa shape index (κ1) is 18.9. The lowest BCUT2D eigenvalue weighted by molar-refractivity contribution is -0.152. The van der Waals surface area contributed by atoms with Crippen LogP contribution in [-0.2, 0) is 23.9 Å². The summed E-state index contributed by atoms with van der Waals surface area (Å²) in [4.78, 5) is 49.0. The van der Waals surface area contributed by atoms with E-state index in [9.17, 15) is 29.4 Å². The summed E-state index contributed by atoms with van der Waals surface area (Å²) in [5.41, 5.74) is -0.188. The number of methoxy groups -OCH3 is 1. The molecule has 0 saturated carbocycles. The zero-order valence-electron chi connectivity index (χ0n) is 14.1. The van der Waals surface area contributed by atoms with Gasteiger partial charge in [0, 0.05) is 5.75 Å². The lowest BCUT2D eigenvalue weighted by Crippen LogP contribution is -2.71. The van der Waals surface area contributed by atoms with E-state index in [1.165, 1.54) is 0 Å². The Morgan fingerprint density at radius 1 is 1.30 bits per heavy atom. The van der Waals surface area contributed by atoms with Crippen LogP contribution in [0.1, 0.15) is 11.7 Å². The Morgan fingerprint density at radius 3 is 2.56 bits per heavy atom. The van der Waals surface area contributed by atoms with Gasteiger partial charge < -0.3 is 20.3 Å². The number of carboxylic acid groups (broad SMARTS) is 1. The summed E-state index contributed by atoms with van der Waals surface area (Å²) in [6.07, 6.45) is -1.46. The first-order valence-corrected chi connectivity index (χ1v) is 8.94. The maximum absolute atomic E-state index is 12.4. The molecule has 2 amide bonds. The highest BCUT2D eigenvalue weighted by Crippen LogP contribution is 2.40. The Labute approximate surface area is 158 Å². The van der Waals surface area contributed by atoms with Gasteiger partial charge in [-0.25, -0.2) is 9.59 Å². The lowest BCUT2D eigenvalue weighted by Gasteiger charge is -2.49. The Balaban J connectivity index is 1.76. The summed E-state index contributed by atoms with van der Waals surface area (Å²) in [6.45, 7) is 0. The number of hydrogen-bond acceptors (Lipinski definition) is 7. The summed E-state index contributed by atoms with van der Waals surface area (Å²) in [7, 11) is 1.12. The van der Waals surface area contributed by atoms with E-state index < -0.39 is 47.0 Å². The van der Waals surface area contributed by atoms with Crippen LogP contribution in [0.3, 0.4) is 0 Å². The summed E-state index contributed by atoms with van der Waals surface area (Å²) in [5.74, 6) is -3.66. The number of thioether (sulfide) groups is 1. The summed E-state index contributed by atoms with van der Waals surface area (Å²) >= 11 is 1.13. The van der Waals surface area contributed by atoms with Gasteiger partial charge in [0.1, 0.15) is 17.1 Å². The standard InChI is InChI=1S/C17H16N2O7S/c1-26-17(25)9-7-27-15-10(14(22)19(15)11(9)16(23)24)18-13(21)12(20)8-5-3-2-4-6-8/h2-6,10,12,15,20H,7H2,1H3,(H,18,21)(H,23,24)/t10?,12-,15-/m1/s1. The fraction of sp³-hybridized carbons (Fsp3) is 0.294. The van der Waals surface area contributed by atoms with Crippen molar-refractivity contribution in [2.24, 2.45) is 0 Å². The third-order valence-electron chi connectivity index (χ3n) is 4.26. The van der Waals surface area contributed by atoms with Crippen molar-refractivity contribution in [2.75, 3.05) is 12.9 Å². The number of carboxylic acids is 1. The quantitative estimate of drug-likeness (QED) is 0.457. The van der Waals surface area contributed by atoms with E-state index in [0.29, 0.717) is 5.56 Å². The molecule has 2 heterocycles. The van der Waals surface area contributed by atoms with Crippen molar-refractivity contribution in [2.45, 2.75) is 17.5 Å². The number of nitrogens with one attached hydrogen (secondary N) is 1. The predicted molar refractivity (Wildman–Crippen MR) is 93.1 cm³/mol. The van der Waals surface area contributed by atoms with Crippen LogP contribution in [0.5, 0.6) is 0 Å². The van der Waals surface area contributed by atoms with Crippen molar-refractivity contribution < 1.29 is 34.1 Å². The fourth-order valence-corrected chi connectivity index (χ4v) is 4.24. The zero-order valence-corrected chi connectivity index (χ0v) is 14.9. The molecular formula is C17H16N2O7S. The molecule has 1 aromatic rings. The fourth-order valence-electron chi connectivity index (χ4n) is 2.92. The number of ether oxygens (including phenoxy) is 1. The van der Waals surface area contributed by atoms with E-state index in [0.717, 1.165) is 23.8 Å². The number of carbonyl (C=O) groups is 4. The van der Waals surface area contributed by atoms with Crippen LogP contribution in [0.15, 0.2) is 41.6 Å². The number of fused-ring (bicyclic) bond motifs is 1. The molecule has 0 spiro atoms. The minimum absolute atomic E-state index is 0.0242. The van der Waals surface area contributed by atoms with Crippen molar-refractivity contribution in [3.63, 3.8) is 0 Å². The molecule has 27 heavy (non-hydrogen) atoms. The number of β-lactam (4-membered cyclic amide) rings is 1. The normalized spacial score (nSPS) is 22.4. The van der Waals surface area contributed by atoms with Gasteiger partial charge in [0.15, 0.2) is 6.10 Å². The summed E-state index contributed by atoms with van der Waals surface area (Å²) in [5, 5.41) is 21.3. The highest BCUT2D eigenvalue weighted by Gasteiger charge is 2.55. The van der Waals surface area contributed by atoms with Crippen molar-refractivity contribution in [1.82, 2.24) is 10.2 Å². The maximum Gasteiger partial charge on any atom is 0.353 e. The van der Waals surface area contributed by atoms with E-state index in [2.05, 4.69) is 10.1 Å². The Kier molecular flexibility index (Phi) is 5.19. The molecule has 142 valence electrons. The van der Waals surface area contributed by atoms with Gasteiger partial charge in [-0.05, 0) is 5.56 Å². The van der Waals surface area contributed by atoms with Crippen molar-refractivity contribution >= 4 is 35.5 Å². The molecule has 0 bridgehead atoms. The van der Waals surface area contributed by atoms with Crippen LogP contribution < -0.4 is 5.32 Å². The molecule has 2 aliphatic heterocycles. The SMILES string of the molecule is COC(=O)C1=C(C(=O)O)N2C(=O)C(NC(=O)[C@H](O)c3ccccc3)[C@H]2SC1. The predicted octanol–water partition coefficient (Wildman–Crippen LogP) is -0.368. The van der Waals surface area contributed by atoms with Gasteiger partial charge in [-0.2, -0.15) is 0 Å². The molecule has 1 saturated heterocycles. The number of carbonyl (C=O) groups excluding carboxylic acids is 3. The lowest BCUT2D eigenvalue weighted by atomic mass is 10.0. The minimum atomic E-state index is -1.46. The average Bonchev–Trinajstić information content (AvgIpc) is 2.69. The number of hydrogen-bond donors (Lipinski definition) is 3. The molecule has 3 rings (SSSR count). The number of nitrogens with zero attached hydrogens (tertiary/aromatic N) is 1. The first-order chi connectivity index (χ1) is 12.9. The van der Waals surface area contributed by atoms with Gasteiger partial charge in [-0.15, -0.1) is 11.8 Å². The molecule has 1 fully saturated rings. The number of aliphatic hydroxyl groups is 1. The number of aliphatic carboxylic acids is 1. The Morgan fingerprint density at radius 2 is 1.96 bits per heavy atom.